The van der Waals surface area contributed by atoms with E-state index in [1.165, 1.54) is 0 Å². The quantitative estimate of drug-likeness (QED) is 0.890. The average Bonchev–Trinajstić information content (AvgIpc) is 2.23. The molecule has 0 aliphatic rings. The monoisotopic (exact) mass is 249 g/mol. The third kappa shape index (κ3) is 4.78. The highest BCUT2D eigenvalue weighted by Gasteiger charge is 2.22. The molecule has 0 aliphatic heterocycles. The van der Waals surface area contributed by atoms with Crippen molar-refractivity contribution in [3.63, 3.8) is 0 Å². The lowest BCUT2D eigenvalue weighted by Crippen LogP contribution is -2.47. The number of amides is 1. The van der Waals surface area contributed by atoms with Gasteiger partial charge in [0, 0.05) is 5.54 Å². The normalized spacial score (nSPS) is 12.9. The fourth-order valence-corrected chi connectivity index (χ4v) is 1.63. The first kappa shape index (κ1) is 14.6. The molecule has 1 atom stereocenters. The van der Waals surface area contributed by atoms with Crippen molar-refractivity contribution in [1.29, 1.82) is 0 Å². The summed E-state index contributed by atoms with van der Waals surface area (Å²) in [6, 6.07) is 7.75. The number of nitrogens with one attached hydrogen (secondary N) is 1. The van der Waals surface area contributed by atoms with Gasteiger partial charge in [0.1, 0.15) is 5.75 Å². The fourth-order valence-electron chi connectivity index (χ4n) is 1.63. The predicted octanol–water partition coefficient (Wildman–Crippen LogP) is 3.07. The van der Waals surface area contributed by atoms with E-state index in [0.717, 1.165) is 11.3 Å². The second-order valence-corrected chi connectivity index (χ2v) is 5.57. The summed E-state index contributed by atoms with van der Waals surface area (Å²) in [7, 11) is 0. The van der Waals surface area contributed by atoms with Crippen LogP contribution in [0.15, 0.2) is 24.3 Å². The van der Waals surface area contributed by atoms with Crippen LogP contribution in [-0.2, 0) is 4.79 Å². The van der Waals surface area contributed by atoms with E-state index in [0.29, 0.717) is 6.42 Å². The van der Waals surface area contributed by atoms with Gasteiger partial charge in [-0.2, -0.15) is 0 Å². The number of carbonyl (C=O) groups excluding carboxylic acids is 1. The molecule has 0 spiro atoms. The lowest BCUT2D eigenvalue weighted by Gasteiger charge is -2.25. The third-order valence-electron chi connectivity index (χ3n) is 2.43. The van der Waals surface area contributed by atoms with Crippen molar-refractivity contribution in [2.24, 2.45) is 0 Å². The van der Waals surface area contributed by atoms with E-state index in [1.54, 1.807) is 0 Å². The van der Waals surface area contributed by atoms with Crippen LogP contribution in [0.4, 0.5) is 0 Å². The summed E-state index contributed by atoms with van der Waals surface area (Å²) in [4.78, 5) is 12.0. The molecule has 1 rings (SSSR count). The maximum absolute atomic E-state index is 12.0. The first-order valence-electron chi connectivity index (χ1n) is 6.37. The number of ether oxygens (including phenoxy) is 1. The molecule has 0 radical (unpaired) electrons. The van der Waals surface area contributed by atoms with Gasteiger partial charge in [-0.25, -0.2) is 0 Å². The smallest absolute Gasteiger partial charge is 0.261 e. The third-order valence-corrected chi connectivity index (χ3v) is 2.43. The number of hydrogen-bond donors (Lipinski definition) is 1. The van der Waals surface area contributed by atoms with Crippen molar-refractivity contribution in [2.75, 3.05) is 0 Å². The van der Waals surface area contributed by atoms with E-state index in [4.69, 9.17) is 4.74 Å². The van der Waals surface area contributed by atoms with Crippen LogP contribution in [0.5, 0.6) is 5.75 Å². The Labute approximate surface area is 110 Å². The first-order valence-corrected chi connectivity index (χ1v) is 6.37. The van der Waals surface area contributed by atoms with Gasteiger partial charge >= 0.3 is 0 Å². The molecule has 0 heterocycles. The van der Waals surface area contributed by atoms with E-state index in [1.807, 2.05) is 58.9 Å². The Morgan fingerprint density at radius 3 is 2.56 bits per heavy atom. The molecular formula is C15H23NO2. The van der Waals surface area contributed by atoms with Gasteiger partial charge in [-0.1, -0.05) is 19.1 Å². The van der Waals surface area contributed by atoms with Gasteiger partial charge in [0.05, 0.1) is 0 Å². The van der Waals surface area contributed by atoms with Crippen LogP contribution >= 0.6 is 0 Å². The number of rotatable bonds is 4. The molecule has 0 bridgehead atoms. The molecule has 1 amide bonds. The van der Waals surface area contributed by atoms with E-state index < -0.39 is 6.10 Å². The minimum absolute atomic E-state index is 0.0634. The lowest BCUT2D eigenvalue weighted by atomic mass is 10.1. The maximum atomic E-state index is 12.0. The molecule has 0 unspecified atom stereocenters. The molecule has 1 N–H and O–H groups in total. The highest BCUT2D eigenvalue weighted by Crippen LogP contribution is 2.16. The first-order chi connectivity index (χ1) is 8.31. The number of aryl methyl sites for hydroxylation is 1. The molecule has 0 aliphatic carbocycles. The highest BCUT2D eigenvalue weighted by molar-refractivity contribution is 5.81. The molecule has 18 heavy (non-hydrogen) atoms. The van der Waals surface area contributed by atoms with Gasteiger partial charge in [-0.15, -0.1) is 0 Å². The lowest BCUT2D eigenvalue weighted by molar-refractivity contribution is -0.129. The topological polar surface area (TPSA) is 38.3 Å². The van der Waals surface area contributed by atoms with E-state index in [2.05, 4.69) is 5.32 Å². The molecule has 0 aromatic heterocycles. The van der Waals surface area contributed by atoms with Gasteiger partial charge in [-0.3, -0.25) is 4.79 Å². The number of carbonyl (C=O) groups is 1. The highest BCUT2D eigenvalue weighted by atomic mass is 16.5. The molecule has 100 valence electrons. The van der Waals surface area contributed by atoms with Gasteiger partial charge < -0.3 is 10.1 Å². The van der Waals surface area contributed by atoms with Crippen LogP contribution < -0.4 is 10.1 Å². The number of benzene rings is 1. The van der Waals surface area contributed by atoms with Crippen molar-refractivity contribution < 1.29 is 9.53 Å². The van der Waals surface area contributed by atoms with Crippen molar-refractivity contribution >= 4 is 5.91 Å². The zero-order chi connectivity index (χ0) is 13.8. The summed E-state index contributed by atoms with van der Waals surface area (Å²) in [6.07, 6.45) is 0.210. The van der Waals surface area contributed by atoms with Gasteiger partial charge in [-0.05, 0) is 51.8 Å². The predicted molar refractivity (Wildman–Crippen MR) is 73.8 cm³/mol. The summed E-state index contributed by atoms with van der Waals surface area (Å²) in [5.74, 6) is 0.678. The summed E-state index contributed by atoms with van der Waals surface area (Å²) >= 11 is 0. The standard InChI is InChI=1S/C15H23NO2/c1-6-13(14(17)16-15(3,4)5)18-12-9-7-8-11(2)10-12/h7-10,13H,6H2,1-5H3,(H,16,17)/t13-/m1/s1. The minimum atomic E-state index is -0.439. The van der Waals surface area contributed by atoms with E-state index in [9.17, 15) is 4.79 Å². The summed E-state index contributed by atoms with van der Waals surface area (Å²) in [6.45, 7) is 9.84. The second-order valence-electron chi connectivity index (χ2n) is 5.57. The second kappa shape index (κ2) is 5.89. The Morgan fingerprint density at radius 1 is 1.39 bits per heavy atom. The summed E-state index contributed by atoms with van der Waals surface area (Å²) in [5, 5.41) is 2.94. The van der Waals surface area contributed by atoms with Gasteiger partial charge in [0.2, 0.25) is 0 Å². The molecule has 0 saturated heterocycles. The van der Waals surface area contributed by atoms with Crippen molar-refractivity contribution in [2.45, 2.75) is 52.7 Å². The van der Waals surface area contributed by atoms with Gasteiger partial charge in [0.25, 0.3) is 5.91 Å². The zero-order valence-corrected chi connectivity index (χ0v) is 11.9. The van der Waals surface area contributed by atoms with Crippen LogP contribution in [-0.4, -0.2) is 17.6 Å². The van der Waals surface area contributed by atoms with Gasteiger partial charge in [0.15, 0.2) is 6.10 Å². The largest absolute Gasteiger partial charge is 0.481 e. The molecule has 3 nitrogen and oxygen atoms in total. The SMILES string of the molecule is CC[C@@H](Oc1cccc(C)c1)C(=O)NC(C)(C)C. The summed E-state index contributed by atoms with van der Waals surface area (Å²) in [5.41, 5.74) is 0.888. The molecule has 1 aromatic rings. The zero-order valence-electron chi connectivity index (χ0n) is 11.9. The molecule has 0 saturated carbocycles. The minimum Gasteiger partial charge on any atom is -0.481 e. The Hall–Kier alpha value is -1.51. The van der Waals surface area contributed by atoms with Crippen molar-refractivity contribution in [3.05, 3.63) is 29.8 Å². The molecule has 1 aromatic carbocycles. The number of hydrogen-bond acceptors (Lipinski definition) is 2. The van der Waals surface area contributed by atoms with Crippen LogP contribution in [0.3, 0.4) is 0 Å². The molecule has 0 fully saturated rings. The Morgan fingerprint density at radius 2 is 2.06 bits per heavy atom. The Bertz CT molecular complexity index is 407. The van der Waals surface area contributed by atoms with E-state index in [-0.39, 0.29) is 11.4 Å². The van der Waals surface area contributed by atoms with E-state index >= 15 is 0 Å². The Kier molecular flexibility index (Phi) is 4.76. The van der Waals surface area contributed by atoms with Crippen LogP contribution in [0, 0.1) is 6.92 Å². The summed E-state index contributed by atoms with van der Waals surface area (Å²) < 4.78 is 5.74. The molecule has 3 heteroatoms. The van der Waals surface area contributed by atoms with Crippen LogP contribution in [0.2, 0.25) is 0 Å². The molecular weight excluding hydrogens is 226 g/mol. The maximum Gasteiger partial charge on any atom is 0.261 e. The van der Waals surface area contributed by atoms with Crippen LogP contribution in [0.1, 0.15) is 39.7 Å². The van der Waals surface area contributed by atoms with Crippen molar-refractivity contribution in [1.82, 2.24) is 5.32 Å². The fraction of sp³-hybridized carbons (Fsp3) is 0.533. The van der Waals surface area contributed by atoms with Crippen molar-refractivity contribution in [3.8, 4) is 5.75 Å². The Balaban J connectivity index is 2.70. The van der Waals surface area contributed by atoms with Crippen LogP contribution in [0.25, 0.3) is 0 Å². The average molecular weight is 249 g/mol.